The maximum absolute atomic E-state index is 5.96. The fraction of sp³-hybridized carbons (Fsp3) is 0.591. The average Bonchev–Trinajstić information content (AvgIpc) is 3.14. The molecule has 1 aromatic heterocycles. The summed E-state index contributed by atoms with van der Waals surface area (Å²) in [6.07, 6.45) is 4.21. The lowest BCUT2D eigenvalue weighted by atomic mass is 10.1. The Morgan fingerprint density at radius 2 is 2.07 bits per heavy atom. The van der Waals surface area contributed by atoms with Crippen LogP contribution in [0.2, 0.25) is 0 Å². The predicted molar refractivity (Wildman–Crippen MR) is 113 cm³/mol. The molecule has 0 bridgehead atoms. The van der Waals surface area contributed by atoms with Gasteiger partial charge in [0.2, 0.25) is 0 Å². The van der Waals surface area contributed by atoms with E-state index in [1.165, 1.54) is 0 Å². The number of piperidine rings is 1. The number of nitrogens with zero attached hydrogens (tertiary/aromatic N) is 2. The molecular weight excluding hydrogens is 354 g/mol. The molecule has 3 rings (SSSR count). The predicted octanol–water partition coefficient (Wildman–Crippen LogP) is 3.46. The van der Waals surface area contributed by atoms with Gasteiger partial charge in [0.1, 0.15) is 11.3 Å². The second-order valence-corrected chi connectivity index (χ2v) is 7.14. The number of guanidine groups is 1. The minimum absolute atomic E-state index is 0.353. The Hall–Kier alpha value is -2.05. The summed E-state index contributed by atoms with van der Waals surface area (Å²) in [5.41, 5.74) is 0.945. The van der Waals surface area contributed by atoms with E-state index in [9.17, 15) is 0 Å². The molecule has 28 heavy (non-hydrogen) atoms. The number of furan rings is 1. The standard InChI is InChI=1S/C22H33N3O3/c1-3-23-22(25-13-10-19(11-14-25)27-16-6-15-26-2)24-12-9-20-17-18-7-4-5-8-21(18)28-20/h4-5,7-8,17,19H,3,6,9-16H2,1-2H3,(H,23,24). The molecule has 0 amide bonds. The summed E-state index contributed by atoms with van der Waals surface area (Å²) < 4.78 is 16.9. The van der Waals surface area contributed by atoms with Crippen LogP contribution in [-0.2, 0) is 15.9 Å². The molecule has 0 radical (unpaired) electrons. The lowest BCUT2D eigenvalue weighted by Gasteiger charge is -2.34. The van der Waals surface area contributed by atoms with Crippen molar-refractivity contribution >= 4 is 16.9 Å². The van der Waals surface area contributed by atoms with Gasteiger partial charge < -0.3 is 24.1 Å². The van der Waals surface area contributed by atoms with E-state index in [1.54, 1.807) is 7.11 Å². The van der Waals surface area contributed by atoms with Crippen LogP contribution in [-0.4, -0.2) is 63.5 Å². The highest BCUT2D eigenvalue weighted by atomic mass is 16.5. The highest BCUT2D eigenvalue weighted by Gasteiger charge is 2.21. The molecule has 0 spiro atoms. The van der Waals surface area contributed by atoms with Crippen LogP contribution in [0, 0.1) is 0 Å². The number of ether oxygens (including phenoxy) is 2. The quantitative estimate of drug-likeness (QED) is 0.406. The molecule has 1 aliphatic heterocycles. The van der Waals surface area contributed by atoms with Gasteiger partial charge in [-0.05, 0) is 38.3 Å². The van der Waals surface area contributed by atoms with Crippen LogP contribution in [0.3, 0.4) is 0 Å². The van der Waals surface area contributed by atoms with Crippen LogP contribution in [0.25, 0.3) is 11.0 Å². The van der Waals surface area contributed by atoms with Crippen LogP contribution in [0.4, 0.5) is 0 Å². The van der Waals surface area contributed by atoms with Crippen molar-refractivity contribution in [2.45, 2.75) is 38.7 Å². The normalized spacial score (nSPS) is 16.1. The highest BCUT2D eigenvalue weighted by Crippen LogP contribution is 2.19. The highest BCUT2D eigenvalue weighted by molar-refractivity contribution is 5.80. The molecule has 1 N–H and O–H groups in total. The van der Waals surface area contributed by atoms with Crippen molar-refractivity contribution in [3.8, 4) is 0 Å². The van der Waals surface area contributed by atoms with Crippen molar-refractivity contribution in [3.05, 3.63) is 36.1 Å². The zero-order valence-corrected chi connectivity index (χ0v) is 17.2. The number of likely N-dealkylation sites (tertiary alicyclic amines) is 1. The fourth-order valence-electron chi connectivity index (χ4n) is 3.55. The van der Waals surface area contributed by atoms with E-state index in [2.05, 4.69) is 29.3 Å². The van der Waals surface area contributed by atoms with Gasteiger partial charge >= 0.3 is 0 Å². The summed E-state index contributed by atoms with van der Waals surface area (Å²) in [4.78, 5) is 7.17. The van der Waals surface area contributed by atoms with Crippen molar-refractivity contribution in [1.29, 1.82) is 0 Å². The monoisotopic (exact) mass is 387 g/mol. The molecule has 0 atom stereocenters. The molecule has 154 valence electrons. The zero-order chi connectivity index (χ0) is 19.6. The number of methoxy groups -OCH3 is 1. The van der Waals surface area contributed by atoms with Gasteiger partial charge in [0.25, 0.3) is 0 Å². The Kier molecular flexibility index (Phi) is 8.18. The molecule has 2 aromatic rings. The van der Waals surface area contributed by atoms with E-state index >= 15 is 0 Å². The SMILES string of the molecule is CCNC(=NCCc1cc2ccccc2o1)N1CCC(OCCCOC)CC1. The van der Waals surface area contributed by atoms with Crippen LogP contribution in [0.1, 0.15) is 31.9 Å². The van der Waals surface area contributed by atoms with Crippen molar-refractivity contribution in [3.63, 3.8) is 0 Å². The second-order valence-electron chi connectivity index (χ2n) is 7.14. The van der Waals surface area contributed by atoms with Crippen molar-refractivity contribution in [2.24, 2.45) is 4.99 Å². The number of aliphatic imine (C=N–C) groups is 1. The Bertz CT molecular complexity index is 702. The molecule has 1 fully saturated rings. The molecule has 1 aliphatic rings. The molecule has 2 heterocycles. The molecule has 6 heteroatoms. The van der Waals surface area contributed by atoms with E-state index in [0.717, 1.165) is 87.8 Å². The molecular formula is C22H33N3O3. The minimum atomic E-state index is 0.353. The number of rotatable bonds is 9. The largest absolute Gasteiger partial charge is 0.461 e. The first-order valence-electron chi connectivity index (χ1n) is 10.4. The van der Waals surface area contributed by atoms with E-state index < -0.39 is 0 Å². The number of fused-ring (bicyclic) bond motifs is 1. The van der Waals surface area contributed by atoms with Gasteiger partial charge in [-0.25, -0.2) is 0 Å². The topological polar surface area (TPSA) is 59.2 Å². The van der Waals surface area contributed by atoms with Gasteiger partial charge in [-0.3, -0.25) is 4.99 Å². The summed E-state index contributed by atoms with van der Waals surface area (Å²) in [5, 5.41) is 4.58. The Labute approximate surface area is 167 Å². The van der Waals surface area contributed by atoms with E-state index in [-0.39, 0.29) is 0 Å². The van der Waals surface area contributed by atoms with Gasteiger partial charge in [0, 0.05) is 58.3 Å². The van der Waals surface area contributed by atoms with Crippen LogP contribution < -0.4 is 5.32 Å². The average molecular weight is 388 g/mol. The third-order valence-corrected chi connectivity index (χ3v) is 5.02. The van der Waals surface area contributed by atoms with Crippen molar-refractivity contribution in [1.82, 2.24) is 10.2 Å². The number of para-hydroxylation sites is 1. The number of hydrogen-bond acceptors (Lipinski definition) is 4. The van der Waals surface area contributed by atoms with Crippen LogP contribution in [0.5, 0.6) is 0 Å². The summed E-state index contributed by atoms with van der Waals surface area (Å²) in [5.74, 6) is 1.99. The molecule has 1 aromatic carbocycles. The molecule has 0 saturated carbocycles. The van der Waals surface area contributed by atoms with Gasteiger partial charge in [-0.1, -0.05) is 18.2 Å². The third kappa shape index (κ3) is 5.97. The van der Waals surface area contributed by atoms with E-state index in [4.69, 9.17) is 18.9 Å². The maximum Gasteiger partial charge on any atom is 0.193 e. The molecule has 0 unspecified atom stereocenters. The number of nitrogens with one attached hydrogen (secondary N) is 1. The summed E-state index contributed by atoms with van der Waals surface area (Å²) in [7, 11) is 1.73. The van der Waals surface area contributed by atoms with Crippen molar-refractivity contribution < 1.29 is 13.9 Å². The van der Waals surface area contributed by atoms with Gasteiger partial charge in [-0.2, -0.15) is 0 Å². The lowest BCUT2D eigenvalue weighted by molar-refractivity contribution is 0.00991. The zero-order valence-electron chi connectivity index (χ0n) is 17.2. The van der Waals surface area contributed by atoms with Crippen LogP contribution in [0.15, 0.2) is 39.7 Å². The first-order valence-corrected chi connectivity index (χ1v) is 10.4. The molecule has 0 aliphatic carbocycles. The summed E-state index contributed by atoms with van der Waals surface area (Å²) >= 11 is 0. The Balaban J connectivity index is 1.47. The third-order valence-electron chi connectivity index (χ3n) is 5.02. The van der Waals surface area contributed by atoms with Crippen molar-refractivity contribution in [2.75, 3.05) is 46.5 Å². The smallest absolute Gasteiger partial charge is 0.193 e. The Morgan fingerprint density at radius 1 is 1.25 bits per heavy atom. The minimum Gasteiger partial charge on any atom is -0.461 e. The van der Waals surface area contributed by atoms with E-state index in [0.29, 0.717) is 6.10 Å². The lowest BCUT2D eigenvalue weighted by Crippen LogP contribution is -2.47. The maximum atomic E-state index is 5.96. The fourth-order valence-corrected chi connectivity index (χ4v) is 3.55. The van der Waals surface area contributed by atoms with Gasteiger partial charge in [0.15, 0.2) is 5.96 Å². The second kappa shape index (κ2) is 11.1. The molecule has 6 nitrogen and oxygen atoms in total. The summed E-state index contributed by atoms with van der Waals surface area (Å²) in [6.45, 7) is 7.20. The van der Waals surface area contributed by atoms with Gasteiger partial charge in [-0.15, -0.1) is 0 Å². The number of benzene rings is 1. The first-order chi connectivity index (χ1) is 13.8. The van der Waals surface area contributed by atoms with Crippen LogP contribution >= 0.6 is 0 Å². The first kappa shape index (κ1) is 20.7. The Morgan fingerprint density at radius 3 is 2.82 bits per heavy atom. The summed E-state index contributed by atoms with van der Waals surface area (Å²) in [6, 6.07) is 10.2. The van der Waals surface area contributed by atoms with Gasteiger partial charge in [0.05, 0.1) is 6.10 Å². The van der Waals surface area contributed by atoms with E-state index in [1.807, 2.05) is 18.2 Å². The number of hydrogen-bond donors (Lipinski definition) is 1. The molecule has 1 saturated heterocycles.